The van der Waals surface area contributed by atoms with Crippen molar-refractivity contribution in [2.75, 3.05) is 0 Å². The molecular formula is C18H14ClN5. The fraction of sp³-hybridized carbons (Fsp3) is 0.222. The molecule has 0 saturated carbocycles. The number of nitriles is 1. The van der Waals surface area contributed by atoms with Crippen LogP contribution in [0.15, 0.2) is 42.6 Å². The second-order valence-corrected chi connectivity index (χ2v) is 6.30. The fourth-order valence-electron chi connectivity index (χ4n) is 3.06. The van der Waals surface area contributed by atoms with Crippen LogP contribution in [0.25, 0.3) is 16.7 Å². The molecule has 0 fully saturated rings. The van der Waals surface area contributed by atoms with Crippen molar-refractivity contribution < 1.29 is 0 Å². The normalized spacial score (nSPS) is 20.4. The summed E-state index contributed by atoms with van der Waals surface area (Å²) >= 11 is 6.48. The predicted molar refractivity (Wildman–Crippen MR) is 92.8 cm³/mol. The minimum atomic E-state index is -0.133. The van der Waals surface area contributed by atoms with Crippen LogP contribution in [-0.4, -0.2) is 19.6 Å². The lowest BCUT2D eigenvalue weighted by Gasteiger charge is -2.15. The van der Waals surface area contributed by atoms with Crippen molar-refractivity contribution in [1.82, 2.24) is 19.6 Å². The lowest BCUT2D eigenvalue weighted by atomic mass is 9.90. The van der Waals surface area contributed by atoms with Crippen LogP contribution < -0.4 is 0 Å². The number of hydrogen-bond donors (Lipinski definition) is 0. The van der Waals surface area contributed by atoms with E-state index in [1.807, 2.05) is 37.3 Å². The first-order valence-electron chi connectivity index (χ1n) is 7.72. The van der Waals surface area contributed by atoms with Gasteiger partial charge in [0.15, 0.2) is 11.3 Å². The quantitative estimate of drug-likeness (QED) is 0.631. The summed E-state index contributed by atoms with van der Waals surface area (Å²) in [5.41, 5.74) is 3.23. The van der Waals surface area contributed by atoms with Crippen LogP contribution >= 0.6 is 11.6 Å². The molecule has 1 aliphatic rings. The minimum Gasteiger partial charge on any atom is -0.236 e. The SMILES string of the molecule is Cc1cc2ncc3cc(C4C=CC=CC(C#N)C4)c(Cl)nc3n2n1. The first-order chi connectivity index (χ1) is 11.7. The summed E-state index contributed by atoms with van der Waals surface area (Å²) in [7, 11) is 0. The van der Waals surface area contributed by atoms with E-state index in [2.05, 4.69) is 27.2 Å². The van der Waals surface area contributed by atoms with Gasteiger partial charge in [-0.25, -0.2) is 9.97 Å². The molecule has 0 radical (unpaired) electrons. The van der Waals surface area contributed by atoms with Crippen molar-refractivity contribution in [3.05, 3.63) is 59.0 Å². The summed E-state index contributed by atoms with van der Waals surface area (Å²) in [6.45, 7) is 1.92. The Labute approximate surface area is 143 Å². The summed E-state index contributed by atoms with van der Waals surface area (Å²) in [5.74, 6) is -0.0877. The number of aromatic nitrogens is 4. The van der Waals surface area contributed by atoms with E-state index in [0.717, 1.165) is 22.3 Å². The molecule has 0 amide bonds. The highest BCUT2D eigenvalue weighted by molar-refractivity contribution is 6.30. The smallest absolute Gasteiger partial charge is 0.166 e. The fourth-order valence-corrected chi connectivity index (χ4v) is 3.34. The Morgan fingerprint density at radius 2 is 2.12 bits per heavy atom. The first-order valence-corrected chi connectivity index (χ1v) is 8.09. The zero-order valence-corrected chi connectivity index (χ0v) is 13.8. The van der Waals surface area contributed by atoms with Crippen molar-refractivity contribution in [3.8, 4) is 6.07 Å². The Morgan fingerprint density at radius 3 is 2.96 bits per heavy atom. The van der Waals surface area contributed by atoms with Gasteiger partial charge in [-0.1, -0.05) is 35.9 Å². The molecule has 3 heterocycles. The van der Waals surface area contributed by atoms with Gasteiger partial charge in [0.05, 0.1) is 17.7 Å². The zero-order chi connectivity index (χ0) is 16.7. The monoisotopic (exact) mass is 335 g/mol. The Bertz CT molecular complexity index is 1040. The van der Waals surface area contributed by atoms with E-state index in [0.29, 0.717) is 17.2 Å². The number of allylic oxidation sites excluding steroid dienone is 4. The van der Waals surface area contributed by atoms with E-state index in [4.69, 9.17) is 11.6 Å². The molecule has 0 bridgehead atoms. The van der Waals surface area contributed by atoms with Crippen LogP contribution in [0.2, 0.25) is 5.15 Å². The number of fused-ring (bicyclic) bond motifs is 3. The molecule has 2 atom stereocenters. The third kappa shape index (κ3) is 2.45. The Kier molecular flexibility index (Phi) is 3.55. The molecule has 0 N–H and O–H groups in total. The van der Waals surface area contributed by atoms with Crippen molar-refractivity contribution in [3.63, 3.8) is 0 Å². The van der Waals surface area contributed by atoms with Gasteiger partial charge in [-0.3, -0.25) is 0 Å². The lowest BCUT2D eigenvalue weighted by molar-refractivity contribution is 0.662. The van der Waals surface area contributed by atoms with Crippen LogP contribution in [0.5, 0.6) is 0 Å². The number of aryl methyl sites for hydroxylation is 1. The maximum atomic E-state index is 9.24. The molecule has 1 aliphatic carbocycles. The van der Waals surface area contributed by atoms with E-state index in [1.54, 1.807) is 10.7 Å². The highest BCUT2D eigenvalue weighted by Crippen LogP contribution is 2.33. The van der Waals surface area contributed by atoms with Gasteiger partial charge in [0.2, 0.25) is 0 Å². The summed E-state index contributed by atoms with van der Waals surface area (Å²) < 4.78 is 1.71. The van der Waals surface area contributed by atoms with Crippen LogP contribution in [0.4, 0.5) is 0 Å². The average molecular weight is 336 g/mol. The summed E-state index contributed by atoms with van der Waals surface area (Å²) in [5, 5.41) is 15.0. The van der Waals surface area contributed by atoms with E-state index < -0.39 is 0 Å². The molecule has 24 heavy (non-hydrogen) atoms. The van der Waals surface area contributed by atoms with Crippen molar-refractivity contribution in [2.45, 2.75) is 19.3 Å². The number of hydrogen-bond acceptors (Lipinski definition) is 4. The minimum absolute atomic E-state index is 0.0455. The molecular weight excluding hydrogens is 322 g/mol. The molecule has 0 aromatic carbocycles. The third-order valence-electron chi connectivity index (χ3n) is 4.23. The standard InChI is InChI=1S/C18H14ClN5/c1-11-6-16-21-10-14-8-15(17(19)22-18(14)24(16)23-11)13-5-3-2-4-12(7-13)9-20/h2-6,8,10,12-13H,7H2,1H3. The number of pyridine rings is 1. The molecule has 0 saturated heterocycles. The van der Waals surface area contributed by atoms with E-state index in [-0.39, 0.29) is 11.8 Å². The van der Waals surface area contributed by atoms with Crippen LogP contribution in [0.1, 0.15) is 23.6 Å². The average Bonchev–Trinajstić information content (AvgIpc) is 2.80. The number of nitrogens with zero attached hydrogens (tertiary/aromatic N) is 5. The number of halogens is 1. The molecule has 0 spiro atoms. The van der Waals surface area contributed by atoms with Crippen LogP contribution in [-0.2, 0) is 0 Å². The first kappa shape index (κ1) is 14.9. The van der Waals surface area contributed by atoms with Crippen LogP contribution in [0, 0.1) is 24.2 Å². The second-order valence-electron chi connectivity index (χ2n) is 5.94. The Balaban J connectivity index is 1.86. The van der Waals surface area contributed by atoms with Gasteiger partial charge in [0.25, 0.3) is 0 Å². The summed E-state index contributed by atoms with van der Waals surface area (Å²) in [4.78, 5) is 8.99. The largest absolute Gasteiger partial charge is 0.236 e. The van der Waals surface area contributed by atoms with Crippen LogP contribution in [0.3, 0.4) is 0 Å². The number of rotatable bonds is 1. The Hall–Kier alpha value is -2.71. The maximum absolute atomic E-state index is 9.24. The third-order valence-corrected chi connectivity index (χ3v) is 4.53. The highest BCUT2D eigenvalue weighted by Gasteiger charge is 2.20. The van der Waals surface area contributed by atoms with E-state index >= 15 is 0 Å². The van der Waals surface area contributed by atoms with Crippen molar-refractivity contribution in [1.29, 1.82) is 5.26 Å². The van der Waals surface area contributed by atoms with E-state index in [9.17, 15) is 5.26 Å². The molecule has 3 aromatic rings. The van der Waals surface area contributed by atoms with Gasteiger partial charge in [-0.15, -0.1) is 0 Å². The van der Waals surface area contributed by atoms with E-state index in [1.165, 1.54) is 0 Å². The second kappa shape index (κ2) is 5.73. The predicted octanol–water partition coefficient (Wildman–Crippen LogP) is 3.98. The topological polar surface area (TPSA) is 66.9 Å². The molecule has 6 heteroatoms. The van der Waals surface area contributed by atoms with Crippen molar-refractivity contribution >= 4 is 28.3 Å². The maximum Gasteiger partial charge on any atom is 0.166 e. The molecule has 0 aliphatic heterocycles. The Morgan fingerprint density at radius 1 is 1.29 bits per heavy atom. The van der Waals surface area contributed by atoms with Gasteiger partial charge in [0.1, 0.15) is 5.15 Å². The highest BCUT2D eigenvalue weighted by atomic mass is 35.5. The molecule has 2 unspecified atom stereocenters. The molecule has 4 rings (SSSR count). The molecule has 118 valence electrons. The molecule has 5 nitrogen and oxygen atoms in total. The van der Waals surface area contributed by atoms with Gasteiger partial charge in [-0.05, 0) is 25.0 Å². The van der Waals surface area contributed by atoms with Gasteiger partial charge in [0, 0.05) is 23.6 Å². The van der Waals surface area contributed by atoms with Gasteiger partial charge < -0.3 is 0 Å². The van der Waals surface area contributed by atoms with Gasteiger partial charge in [-0.2, -0.15) is 14.9 Å². The summed E-state index contributed by atoms with van der Waals surface area (Å²) in [6.07, 6.45) is 10.3. The van der Waals surface area contributed by atoms with Gasteiger partial charge >= 0.3 is 0 Å². The molecule has 3 aromatic heterocycles. The summed E-state index contributed by atoms with van der Waals surface area (Å²) in [6, 6.07) is 6.22. The zero-order valence-electron chi connectivity index (χ0n) is 13.0. The van der Waals surface area contributed by atoms with Crippen molar-refractivity contribution in [2.24, 2.45) is 5.92 Å². The lowest BCUT2D eigenvalue weighted by Crippen LogP contribution is -2.05.